The second-order valence-corrected chi connectivity index (χ2v) is 3.69. The third kappa shape index (κ3) is 5.19. The first-order valence-corrected chi connectivity index (χ1v) is 5.32. The number of carbonyl (C=O) groups is 1. The van der Waals surface area contributed by atoms with E-state index < -0.39 is 5.97 Å². The lowest BCUT2D eigenvalue weighted by atomic mass is 10.1. The van der Waals surface area contributed by atoms with Crippen molar-refractivity contribution in [3.05, 3.63) is 0 Å². The van der Waals surface area contributed by atoms with Crippen molar-refractivity contribution in [1.29, 1.82) is 0 Å². The Hall–Kier alpha value is -0.610. The number of hydrogen-bond donors (Lipinski definition) is 2. The van der Waals surface area contributed by atoms with Gasteiger partial charge in [-0.05, 0) is 32.2 Å². The van der Waals surface area contributed by atoms with Gasteiger partial charge in [-0.2, -0.15) is 0 Å². The maximum atomic E-state index is 10.2. The van der Waals surface area contributed by atoms with Crippen LogP contribution in [0.4, 0.5) is 0 Å². The topological polar surface area (TPSA) is 58.6 Å². The lowest BCUT2D eigenvalue weighted by Crippen LogP contribution is -2.35. The molecule has 0 aromatic heterocycles. The fourth-order valence-electron chi connectivity index (χ4n) is 1.61. The quantitative estimate of drug-likeness (QED) is 0.630. The zero-order chi connectivity index (χ0) is 10.2. The van der Waals surface area contributed by atoms with Crippen molar-refractivity contribution in [2.45, 2.75) is 38.1 Å². The normalized spacial score (nSPS) is 18.3. The van der Waals surface area contributed by atoms with E-state index in [2.05, 4.69) is 5.32 Å². The number of ether oxygens (including phenoxy) is 1. The highest BCUT2D eigenvalue weighted by atomic mass is 16.5. The van der Waals surface area contributed by atoms with Crippen LogP contribution in [0.25, 0.3) is 0 Å². The third-order valence-electron chi connectivity index (χ3n) is 2.47. The summed E-state index contributed by atoms with van der Waals surface area (Å²) in [5.74, 6) is -0.698. The summed E-state index contributed by atoms with van der Waals surface area (Å²) in [5, 5.41) is 11.8. The molecule has 1 aliphatic heterocycles. The van der Waals surface area contributed by atoms with Crippen molar-refractivity contribution in [2.75, 3.05) is 19.8 Å². The van der Waals surface area contributed by atoms with E-state index in [1.165, 1.54) is 0 Å². The number of nitrogens with one attached hydrogen (secondary N) is 1. The molecule has 4 heteroatoms. The third-order valence-corrected chi connectivity index (χ3v) is 2.47. The van der Waals surface area contributed by atoms with Crippen LogP contribution in [-0.2, 0) is 9.53 Å². The minimum absolute atomic E-state index is 0.287. The van der Waals surface area contributed by atoms with E-state index in [9.17, 15) is 4.79 Å². The Kier molecular flexibility index (Phi) is 5.56. The summed E-state index contributed by atoms with van der Waals surface area (Å²) in [7, 11) is 0. The Balaban J connectivity index is 1.90. The maximum absolute atomic E-state index is 10.2. The summed E-state index contributed by atoms with van der Waals surface area (Å²) < 4.78 is 5.24. The highest BCUT2D eigenvalue weighted by Crippen LogP contribution is 2.06. The van der Waals surface area contributed by atoms with E-state index in [0.29, 0.717) is 6.04 Å². The standard InChI is InChI=1S/C10H19NO3/c12-10(13)3-1-2-6-11-9-4-7-14-8-5-9/h9,11H,1-8H2,(H,12,13). The van der Waals surface area contributed by atoms with Gasteiger partial charge in [-0.3, -0.25) is 4.79 Å². The van der Waals surface area contributed by atoms with Crippen LogP contribution in [0.5, 0.6) is 0 Å². The smallest absolute Gasteiger partial charge is 0.303 e. The van der Waals surface area contributed by atoms with Crippen molar-refractivity contribution < 1.29 is 14.6 Å². The number of aliphatic carboxylic acids is 1. The van der Waals surface area contributed by atoms with Gasteiger partial charge in [0.1, 0.15) is 0 Å². The van der Waals surface area contributed by atoms with Crippen LogP contribution in [0.15, 0.2) is 0 Å². The zero-order valence-electron chi connectivity index (χ0n) is 8.50. The van der Waals surface area contributed by atoms with Gasteiger partial charge < -0.3 is 15.2 Å². The van der Waals surface area contributed by atoms with Crippen LogP contribution in [0, 0.1) is 0 Å². The molecule has 0 bridgehead atoms. The molecule has 0 aromatic carbocycles. The van der Waals surface area contributed by atoms with E-state index in [0.717, 1.165) is 45.4 Å². The van der Waals surface area contributed by atoms with Gasteiger partial charge >= 0.3 is 5.97 Å². The van der Waals surface area contributed by atoms with Gasteiger partial charge in [0.2, 0.25) is 0 Å². The van der Waals surface area contributed by atoms with E-state index in [1.54, 1.807) is 0 Å². The van der Waals surface area contributed by atoms with E-state index in [1.807, 2.05) is 0 Å². The molecule has 0 amide bonds. The van der Waals surface area contributed by atoms with Crippen molar-refractivity contribution in [2.24, 2.45) is 0 Å². The van der Waals surface area contributed by atoms with Crippen molar-refractivity contribution in [3.63, 3.8) is 0 Å². The summed E-state index contributed by atoms with van der Waals surface area (Å²) in [6.07, 6.45) is 4.17. The molecular weight excluding hydrogens is 182 g/mol. The average molecular weight is 201 g/mol. The molecular formula is C10H19NO3. The zero-order valence-corrected chi connectivity index (χ0v) is 8.50. The van der Waals surface area contributed by atoms with E-state index in [4.69, 9.17) is 9.84 Å². The highest BCUT2D eigenvalue weighted by Gasteiger charge is 2.11. The molecule has 1 saturated heterocycles. The largest absolute Gasteiger partial charge is 0.481 e. The summed E-state index contributed by atoms with van der Waals surface area (Å²) in [6.45, 7) is 2.64. The number of carboxylic acids is 1. The van der Waals surface area contributed by atoms with Gasteiger partial charge in [0.25, 0.3) is 0 Å². The van der Waals surface area contributed by atoms with Crippen molar-refractivity contribution >= 4 is 5.97 Å². The predicted molar refractivity (Wildman–Crippen MR) is 53.3 cm³/mol. The van der Waals surface area contributed by atoms with Gasteiger partial charge in [0.05, 0.1) is 0 Å². The Morgan fingerprint density at radius 1 is 1.36 bits per heavy atom. The fourth-order valence-corrected chi connectivity index (χ4v) is 1.61. The molecule has 4 nitrogen and oxygen atoms in total. The summed E-state index contributed by atoms with van der Waals surface area (Å²) in [4.78, 5) is 10.2. The maximum Gasteiger partial charge on any atom is 0.303 e. The van der Waals surface area contributed by atoms with Crippen LogP contribution in [0.2, 0.25) is 0 Å². The summed E-state index contributed by atoms with van der Waals surface area (Å²) in [5.41, 5.74) is 0. The lowest BCUT2D eigenvalue weighted by Gasteiger charge is -2.23. The molecule has 1 rings (SSSR count). The van der Waals surface area contributed by atoms with E-state index in [-0.39, 0.29) is 6.42 Å². The van der Waals surface area contributed by atoms with Crippen LogP contribution in [0.1, 0.15) is 32.1 Å². The second kappa shape index (κ2) is 6.79. The van der Waals surface area contributed by atoms with Gasteiger partial charge in [0.15, 0.2) is 0 Å². The highest BCUT2D eigenvalue weighted by molar-refractivity contribution is 5.66. The van der Waals surface area contributed by atoms with Gasteiger partial charge in [-0.25, -0.2) is 0 Å². The summed E-state index contributed by atoms with van der Waals surface area (Å²) >= 11 is 0. The molecule has 1 aliphatic rings. The Morgan fingerprint density at radius 2 is 2.07 bits per heavy atom. The Bertz CT molecular complexity index is 167. The molecule has 2 N–H and O–H groups in total. The van der Waals surface area contributed by atoms with Crippen molar-refractivity contribution in [3.8, 4) is 0 Å². The molecule has 1 heterocycles. The molecule has 82 valence electrons. The first-order valence-electron chi connectivity index (χ1n) is 5.32. The van der Waals surface area contributed by atoms with E-state index >= 15 is 0 Å². The number of unbranched alkanes of at least 4 members (excludes halogenated alkanes) is 1. The number of carboxylic acid groups (broad SMARTS) is 1. The lowest BCUT2D eigenvalue weighted by molar-refractivity contribution is -0.137. The molecule has 0 atom stereocenters. The predicted octanol–water partition coefficient (Wildman–Crippen LogP) is 1.01. The molecule has 0 saturated carbocycles. The Morgan fingerprint density at radius 3 is 2.71 bits per heavy atom. The van der Waals surface area contributed by atoms with Gasteiger partial charge in [0, 0.05) is 25.7 Å². The molecule has 1 fully saturated rings. The molecule has 0 aliphatic carbocycles. The SMILES string of the molecule is O=C(O)CCCCNC1CCOCC1. The molecule has 0 aromatic rings. The second-order valence-electron chi connectivity index (χ2n) is 3.69. The molecule has 0 radical (unpaired) electrons. The number of rotatable bonds is 6. The van der Waals surface area contributed by atoms with Crippen molar-refractivity contribution in [1.82, 2.24) is 5.32 Å². The Labute approximate surface area is 84.6 Å². The number of hydrogen-bond acceptors (Lipinski definition) is 3. The molecule has 0 spiro atoms. The van der Waals surface area contributed by atoms with Gasteiger partial charge in [-0.1, -0.05) is 0 Å². The minimum atomic E-state index is -0.698. The molecule has 14 heavy (non-hydrogen) atoms. The minimum Gasteiger partial charge on any atom is -0.481 e. The van der Waals surface area contributed by atoms with Crippen LogP contribution < -0.4 is 5.32 Å². The van der Waals surface area contributed by atoms with Gasteiger partial charge in [-0.15, -0.1) is 0 Å². The summed E-state index contributed by atoms with van der Waals surface area (Å²) in [6, 6.07) is 0.577. The first kappa shape index (κ1) is 11.5. The molecule has 0 unspecified atom stereocenters. The first-order chi connectivity index (χ1) is 6.79. The fraction of sp³-hybridized carbons (Fsp3) is 0.900. The monoisotopic (exact) mass is 201 g/mol. The van der Waals surface area contributed by atoms with Crippen LogP contribution >= 0.6 is 0 Å². The average Bonchev–Trinajstić information content (AvgIpc) is 2.18. The van der Waals surface area contributed by atoms with Crippen LogP contribution in [-0.4, -0.2) is 36.9 Å². The van der Waals surface area contributed by atoms with Crippen LogP contribution in [0.3, 0.4) is 0 Å².